The van der Waals surface area contributed by atoms with E-state index in [2.05, 4.69) is 0 Å². The van der Waals surface area contributed by atoms with Gasteiger partial charge in [-0.3, -0.25) is 14.4 Å². The minimum Gasteiger partial charge on any atom is -0.469 e. The van der Waals surface area contributed by atoms with E-state index < -0.39 is 0 Å². The van der Waals surface area contributed by atoms with Crippen LogP contribution in [0.15, 0.2) is 0 Å². The summed E-state index contributed by atoms with van der Waals surface area (Å²) in [6.07, 6.45) is 1.52. The first-order chi connectivity index (χ1) is 11.0. The Bertz CT molecular complexity index is 459. The zero-order valence-corrected chi connectivity index (χ0v) is 14.1. The molecule has 0 saturated carbocycles. The molecule has 2 aliphatic rings. The van der Waals surface area contributed by atoms with Gasteiger partial charge in [-0.1, -0.05) is 0 Å². The van der Waals surface area contributed by atoms with Gasteiger partial charge in [-0.05, 0) is 19.8 Å². The van der Waals surface area contributed by atoms with Crippen molar-refractivity contribution in [3.63, 3.8) is 0 Å². The molecule has 0 spiro atoms. The van der Waals surface area contributed by atoms with E-state index in [9.17, 15) is 14.4 Å². The molecule has 2 saturated heterocycles. The fourth-order valence-corrected chi connectivity index (χ4v) is 3.41. The molecule has 2 rings (SSSR count). The predicted molar refractivity (Wildman–Crippen MR) is 82.5 cm³/mol. The second kappa shape index (κ2) is 7.77. The van der Waals surface area contributed by atoms with Crippen molar-refractivity contribution < 1.29 is 23.9 Å². The lowest BCUT2D eigenvalue weighted by Gasteiger charge is -2.32. The number of likely N-dealkylation sites (tertiary alicyclic amines) is 2. The normalized spacial score (nSPS) is 24.0. The first-order valence-corrected chi connectivity index (χ1v) is 8.13. The zero-order chi connectivity index (χ0) is 17.0. The highest BCUT2D eigenvalue weighted by molar-refractivity contribution is 5.89. The summed E-state index contributed by atoms with van der Waals surface area (Å²) in [5.41, 5.74) is 0. The van der Waals surface area contributed by atoms with E-state index in [0.29, 0.717) is 39.1 Å². The molecule has 7 heteroatoms. The molecular formula is C16H26N2O5. The summed E-state index contributed by atoms with van der Waals surface area (Å²) in [6.45, 7) is 3.96. The number of carbonyl (C=O) groups is 3. The monoisotopic (exact) mass is 326 g/mol. The summed E-state index contributed by atoms with van der Waals surface area (Å²) in [5.74, 6) is -0.567. The quantitative estimate of drug-likeness (QED) is 0.678. The first-order valence-electron chi connectivity index (χ1n) is 8.13. The largest absolute Gasteiger partial charge is 0.469 e. The Morgan fingerprint density at radius 1 is 1.22 bits per heavy atom. The van der Waals surface area contributed by atoms with Crippen LogP contribution in [-0.2, 0) is 23.9 Å². The molecule has 0 aliphatic carbocycles. The molecule has 2 atom stereocenters. The second-order valence-electron chi connectivity index (χ2n) is 6.37. The smallest absolute Gasteiger partial charge is 0.308 e. The van der Waals surface area contributed by atoms with Crippen LogP contribution in [-0.4, -0.2) is 74.1 Å². The summed E-state index contributed by atoms with van der Waals surface area (Å²) in [5, 5.41) is 0. The third-order valence-corrected chi connectivity index (χ3v) is 4.79. The average molecular weight is 326 g/mol. The van der Waals surface area contributed by atoms with E-state index in [1.54, 1.807) is 16.9 Å². The number of piperidine rings is 1. The molecule has 0 aromatic carbocycles. The molecule has 0 bridgehead atoms. The maximum Gasteiger partial charge on any atom is 0.308 e. The maximum absolute atomic E-state index is 12.6. The maximum atomic E-state index is 12.6. The Hall–Kier alpha value is -1.63. The van der Waals surface area contributed by atoms with Crippen LogP contribution >= 0.6 is 0 Å². The fourth-order valence-electron chi connectivity index (χ4n) is 3.41. The summed E-state index contributed by atoms with van der Waals surface area (Å²) < 4.78 is 9.85. The molecule has 2 fully saturated rings. The Morgan fingerprint density at radius 3 is 2.43 bits per heavy atom. The van der Waals surface area contributed by atoms with Crippen LogP contribution in [0.4, 0.5) is 0 Å². The first kappa shape index (κ1) is 17.7. The highest BCUT2D eigenvalue weighted by Gasteiger charge is 2.39. The van der Waals surface area contributed by atoms with Crippen LogP contribution in [0.25, 0.3) is 0 Å². The van der Waals surface area contributed by atoms with Crippen LogP contribution in [0.2, 0.25) is 0 Å². The number of nitrogens with zero attached hydrogens (tertiary/aromatic N) is 2. The van der Waals surface area contributed by atoms with Crippen molar-refractivity contribution in [2.45, 2.75) is 32.2 Å². The minimum absolute atomic E-state index is 0.0114. The minimum atomic E-state index is -0.281. The molecule has 2 aliphatic heterocycles. The van der Waals surface area contributed by atoms with E-state index in [4.69, 9.17) is 9.47 Å². The van der Waals surface area contributed by atoms with Gasteiger partial charge in [0, 0.05) is 33.2 Å². The standard InChI is InChI=1S/C16H26N2O5/c1-11(10-22-2)18-9-13(8-14(18)19)15(20)17-6-4-12(5-7-17)16(21)23-3/h11-13H,4-10H2,1-3H3/t11-,13+/m1/s1. The van der Waals surface area contributed by atoms with Gasteiger partial charge in [0.05, 0.1) is 31.6 Å². The number of methoxy groups -OCH3 is 2. The van der Waals surface area contributed by atoms with Crippen molar-refractivity contribution in [3.05, 3.63) is 0 Å². The average Bonchev–Trinajstić information content (AvgIpc) is 2.95. The fraction of sp³-hybridized carbons (Fsp3) is 0.812. The summed E-state index contributed by atoms with van der Waals surface area (Å²) in [7, 11) is 2.99. The van der Waals surface area contributed by atoms with Crippen molar-refractivity contribution >= 4 is 17.8 Å². The number of hydrogen-bond donors (Lipinski definition) is 0. The van der Waals surface area contributed by atoms with Gasteiger partial charge in [-0.25, -0.2) is 0 Å². The lowest BCUT2D eigenvalue weighted by atomic mass is 9.95. The third-order valence-electron chi connectivity index (χ3n) is 4.79. The molecule has 23 heavy (non-hydrogen) atoms. The lowest BCUT2D eigenvalue weighted by molar-refractivity contribution is -0.149. The molecule has 2 heterocycles. The Labute approximate surface area is 136 Å². The van der Waals surface area contributed by atoms with Crippen molar-refractivity contribution in [3.8, 4) is 0 Å². The number of ether oxygens (including phenoxy) is 2. The van der Waals surface area contributed by atoms with Crippen LogP contribution < -0.4 is 0 Å². The molecule has 130 valence electrons. The van der Waals surface area contributed by atoms with Gasteiger partial charge in [-0.15, -0.1) is 0 Å². The third kappa shape index (κ3) is 4.02. The van der Waals surface area contributed by atoms with Crippen LogP contribution in [0, 0.1) is 11.8 Å². The number of carbonyl (C=O) groups excluding carboxylic acids is 3. The Balaban J connectivity index is 1.87. The molecule has 0 radical (unpaired) electrons. The van der Waals surface area contributed by atoms with Gasteiger partial charge in [-0.2, -0.15) is 0 Å². The Kier molecular flexibility index (Phi) is 5.98. The van der Waals surface area contributed by atoms with Crippen molar-refractivity contribution in [1.29, 1.82) is 0 Å². The molecule has 0 aromatic heterocycles. The number of hydrogen-bond acceptors (Lipinski definition) is 5. The summed E-state index contributed by atoms with van der Waals surface area (Å²) in [4.78, 5) is 39.8. The van der Waals surface area contributed by atoms with Gasteiger partial charge in [0.2, 0.25) is 11.8 Å². The molecule has 0 unspecified atom stereocenters. The molecule has 0 aromatic rings. The van der Waals surface area contributed by atoms with Crippen LogP contribution in [0.5, 0.6) is 0 Å². The van der Waals surface area contributed by atoms with Crippen LogP contribution in [0.3, 0.4) is 0 Å². The van der Waals surface area contributed by atoms with Crippen molar-refractivity contribution in [2.75, 3.05) is 40.5 Å². The van der Waals surface area contributed by atoms with E-state index in [1.807, 2.05) is 6.92 Å². The van der Waals surface area contributed by atoms with Crippen molar-refractivity contribution in [1.82, 2.24) is 9.80 Å². The zero-order valence-electron chi connectivity index (χ0n) is 14.1. The van der Waals surface area contributed by atoms with E-state index in [-0.39, 0.29) is 42.1 Å². The molecule has 2 amide bonds. The van der Waals surface area contributed by atoms with Gasteiger partial charge < -0.3 is 19.3 Å². The van der Waals surface area contributed by atoms with Crippen LogP contribution in [0.1, 0.15) is 26.2 Å². The number of rotatable bonds is 5. The van der Waals surface area contributed by atoms with Gasteiger partial charge >= 0.3 is 5.97 Å². The predicted octanol–water partition coefficient (Wildman–Crippen LogP) is 0.281. The highest BCUT2D eigenvalue weighted by atomic mass is 16.5. The van der Waals surface area contributed by atoms with Crippen molar-refractivity contribution in [2.24, 2.45) is 11.8 Å². The van der Waals surface area contributed by atoms with Gasteiger partial charge in [0.25, 0.3) is 0 Å². The van der Waals surface area contributed by atoms with Gasteiger partial charge in [0.15, 0.2) is 0 Å². The summed E-state index contributed by atoms with van der Waals surface area (Å²) in [6, 6.07) is -0.0182. The number of esters is 1. The topological polar surface area (TPSA) is 76.2 Å². The van der Waals surface area contributed by atoms with E-state index >= 15 is 0 Å². The second-order valence-corrected chi connectivity index (χ2v) is 6.37. The number of amides is 2. The van der Waals surface area contributed by atoms with E-state index in [0.717, 1.165) is 0 Å². The summed E-state index contributed by atoms with van der Waals surface area (Å²) >= 11 is 0. The Morgan fingerprint density at radius 2 is 1.87 bits per heavy atom. The SMILES string of the molecule is COC[C@@H](C)N1C[C@@H](C(=O)N2CCC(C(=O)OC)CC2)CC1=O. The lowest BCUT2D eigenvalue weighted by Crippen LogP contribution is -2.44. The molecule has 7 nitrogen and oxygen atoms in total. The molecule has 0 N–H and O–H groups in total. The highest BCUT2D eigenvalue weighted by Crippen LogP contribution is 2.25. The molecular weight excluding hydrogens is 300 g/mol. The van der Waals surface area contributed by atoms with E-state index in [1.165, 1.54) is 7.11 Å². The van der Waals surface area contributed by atoms with Gasteiger partial charge in [0.1, 0.15) is 0 Å².